The highest BCUT2D eigenvalue weighted by Gasteiger charge is 2.17. The molecular formula is C16H30N4S. The van der Waals surface area contributed by atoms with E-state index in [4.69, 9.17) is 0 Å². The first kappa shape index (κ1) is 18.1. The number of aromatic nitrogens is 2. The summed E-state index contributed by atoms with van der Waals surface area (Å²) >= 11 is 1.58. The van der Waals surface area contributed by atoms with Crippen LogP contribution in [0.15, 0.2) is 11.2 Å². The first-order valence-corrected chi connectivity index (χ1v) is 9.11. The van der Waals surface area contributed by atoms with Crippen molar-refractivity contribution >= 4 is 23.4 Å². The Bertz CT molecular complexity index is 413. The Morgan fingerprint density at radius 1 is 1.05 bits per heavy atom. The third kappa shape index (κ3) is 6.12. The molecule has 1 heterocycles. The van der Waals surface area contributed by atoms with E-state index in [9.17, 15) is 0 Å². The number of anilines is 2. The zero-order valence-electron chi connectivity index (χ0n) is 14.2. The fraction of sp³-hybridized carbons (Fsp3) is 0.750. The molecule has 0 aliphatic rings. The topological polar surface area (TPSA) is 49.8 Å². The van der Waals surface area contributed by atoms with Gasteiger partial charge in [-0.25, -0.2) is 9.97 Å². The second-order valence-corrected chi connectivity index (χ2v) is 6.86. The molecule has 1 rings (SSSR count). The largest absolute Gasteiger partial charge is 0.370 e. The molecule has 0 radical (unpaired) electrons. The van der Waals surface area contributed by atoms with E-state index >= 15 is 0 Å². The Kier molecular flexibility index (Phi) is 7.86. The number of thioether (sulfide) groups is 1. The van der Waals surface area contributed by atoms with Crippen LogP contribution in [0, 0.1) is 17.8 Å². The lowest BCUT2D eigenvalue weighted by atomic mass is 9.85. The number of hydrogen-bond acceptors (Lipinski definition) is 5. The fourth-order valence-electron chi connectivity index (χ4n) is 2.41. The van der Waals surface area contributed by atoms with E-state index in [1.165, 1.54) is 0 Å². The maximum Gasteiger partial charge on any atom is 0.191 e. The molecule has 0 saturated heterocycles. The van der Waals surface area contributed by atoms with E-state index < -0.39 is 0 Å². The van der Waals surface area contributed by atoms with Gasteiger partial charge in [0.2, 0.25) is 0 Å². The van der Waals surface area contributed by atoms with Gasteiger partial charge in [0.1, 0.15) is 11.6 Å². The highest BCUT2D eigenvalue weighted by molar-refractivity contribution is 7.98. The van der Waals surface area contributed by atoms with Crippen LogP contribution in [0.2, 0.25) is 0 Å². The summed E-state index contributed by atoms with van der Waals surface area (Å²) in [5, 5.41) is 7.64. The molecule has 21 heavy (non-hydrogen) atoms. The van der Waals surface area contributed by atoms with Gasteiger partial charge in [-0.2, -0.15) is 0 Å². The number of rotatable bonds is 9. The van der Waals surface area contributed by atoms with Gasteiger partial charge in [-0.3, -0.25) is 0 Å². The zero-order chi connectivity index (χ0) is 15.8. The summed E-state index contributed by atoms with van der Waals surface area (Å²) in [6.45, 7) is 13.2. The summed E-state index contributed by atoms with van der Waals surface area (Å²) in [5.74, 6) is 3.79. The Hall–Kier alpha value is -0.970. The first-order chi connectivity index (χ1) is 9.97. The molecule has 0 amide bonds. The van der Waals surface area contributed by atoms with E-state index in [-0.39, 0.29) is 0 Å². The normalized spacial score (nSPS) is 11.5. The van der Waals surface area contributed by atoms with Crippen molar-refractivity contribution in [1.82, 2.24) is 9.97 Å². The highest BCUT2D eigenvalue weighted by atomic mass is 32.2. The second-order valence-electron chi connectivity index (χ2n) is 6.08. The van der Waals surface area contributed by atoms with E-state index in [1.807, 2.05) is 12.3 Å². The van der Waals surface area contributed by atoms with E-state index in [1.54, 1.807) is 11.8 Å². The van der Waals surface area contributed by atoms with Crippen LogP contribution in [0.25, 0.3) is 0 Å². The second kappa shape index (κ2) is 9.13. The smallest absolute Gasteiger partial charge is 0.191 e. The van der Waals surface area contributed by atoms with Crippen LogP contribution in [-0.4, -0.2) is 29.3 Å². The molecule has 1 aromatic heterocycles. The molecule has 2 N–H and O–H groups in total. The molecular weight excluding hydrogens is 280 g/mol. The van der Waals surface area contributed by atoms with Gasteiger partial charge in [0.25, 0.3) is 0 Å². The van der Waals surface area contributed by atoms with Crippen molar-refractivity contribution in [2.24, 2.45) is 17.8 Å². The average Bonchev–Trinajstić information content (AvgIpc) is 2.44. The molecule has 0 bridgehead atoms. The van der Waals surface area contributed by atoms with Crippen molar-refractivity contribution in [3.05, 3.63) is 6.07 Å². The van der Waals surface area contributed by atoms with Crippen molar-refractivity contribution in [2.45, 2.75) is 46.2 Å². The van der Waals surface area contributed by atoms with Gasteiger partial charge in [-0.1, -0.05) is 46.4 Å². The van der Waals surface area contributed by atoms with Gasteiger partial charge >= 0.3 is 0 Å². The van der Waals surface area contributed by atoms with Gasteiger partial charge in [-0.15, -0.1) is 0 Å². The minimum Gasteiger partial charge on any atom is -0.370 e. The van der Waals surface area contributed by atoms with Crippen molar-refractivity contribution < 1.29 is 0 Å². The SMILES string of the molecule is CCCNc1cc(NCC(C(C)C)C(C)C)nc(SC)n1. The molecule has 0 fully saturated rings. The van der Waals surface area contributed by atoms with Gasteiger partial charge in [0.05, 0.1) is 0 Å². The van der Waals surface area contributed by atoms with Crippen LogP contribution < -0.4 is 10.6 Å². The maximum absolute atomic E-state index is 4.55. The monoisotopic (exact) mass is 310 g/mol. The summed E-state index contributed by atoms with van der Waals surface area (Å²) in [6.07, 6.45) is 3.10. The number of hydrogen-bond donors (Lipinski definition) is 2. The standard InChI is InChI=1S/C16H30N4S/c1-7-8-17-14-9-15(20-16(19-14)21-6)18-10-13(11(2)3)12(4)5/h9,11-13H,7-8,10H2,1-6H3,(H2,17,18,19,20). The molecule has 0 atom stereocenters. The van der Waals surface area contributed by atoms with Gasteiger partial charge in [0, 0.05) is 19.2 Å². The molecule has 4 nitrogen and oxygen atoms in total. The minimum absolute atomic E-state index is 0.643. The van der Waals surface area contributed by atoms with Gasteiger partial charge in [0.15, 0.2) is 5.16 Å². The summed E-state index contributed by atoms with van der Waals surface area (Å²) in [5.41, 5.74) is 0. The van der Waals surface area contributed by atoms with Crippen molar-refractivity contribution in [1.29, 1.82) is 0 Å². The van der Waals surface area contributed by atoms with Crippen molar-refractivity contribution in [3.8, 4) is 0 Å². The van der Waals surface area contributed by atoms with Crippen molar-refractivity contribution in [3.63, 3.8) is 0 Å². The highest BCUT2D eigenvalue weighted by Crippen LogP contribution is 2.22. The maximum atomic E-state index is 4.55. The predicted molar refractivity (Wildman–Crippen MR) is 94.2 cm³/mol. The molecule has 0 aliphatic heterocycles. The molecule has 0 aliphatic carbocycles. The summed E-state index contributed by atoms with van der Waals surface area (Å²) < 4.78 is 0. The Labute approximate surface area is 133 Å². The van der Waals surface area contributed by atoms with Gasteiger partial charge < -0.3 is 10.6 Å². The summed E-state index contributed by atoms with van der Waals surface area (Å²) in [6, 6.07) is 2.01. The van der Waals surface area contributed by atoms with Gasteiger partial charge in [-0.05, 0) is 30.4 Å². The lowest BCUT2D eigenvalue weighted by Crippen LogP contribution is -2.25. The minimum atomic E-state index is 0.643. The molecule has 120 valence electrons. The van der Waals surface area contributed by atoms with Crippen LogP contribution in [-0.2, 0) is 0 Å². The molecule has 1 aromatic rings. The quantitative estimate of drug-likeness (QED) is 0.524. The van der Waals surface area contributed by atoms with E-state index in [2.05, 4.69) is 55.2 Å². The third-order valence-electron chi connectivity index (χ3n) is 3.68. The Balaban J connectivity index is 2.76. The zero-order valence-corrected chi connectivity index (χ0v) is 15.0. The molecule has 0 saturated carbocycles. The lowest BCUT2D eigenvalue weighted by Gasteiger charge is -2.25. The molecule has 0 unspecified atom stereocenters. The van der Waals surface area contributed by atoms with Crippen LogP contribution in [0.4, 0.5) is 11.6 Å². The molecule has 5 heteroatoms. The molecule has 0 aromatic carbocycles. The number of nitrogens with one attached hydrogen (secondary N) is 2. The van der Waals surface area contributed by atoms with Crippen LogP contribution in [0.5, 0.6) is 0 Å². The predicted octanol–water partition coefficient (Wildman–Crippen LogP) is 4.36. The lowest BCUT2D eigenvalue weighted by molar-refractivity contribution is 0.304. The average molecular weight is 311 g/mol. The summed E-state index contributed by atoms with van der Waals surface area (Å²) in [7, 11) is 0. The molecule has 0 spiro atoms. The Morgan fingerprint density at radius 2 is 1.62 bits per heavy atom. The number of nitrogens with zero attached hydrogens (tertiary/aromatic N) is 2. The van der Waals surface area contributed by atoms with Crippen LogP contribution in [0.1, 0.15) is 41.0 Å². The van der Waals surface area contributed by atoms with E-state index in [0.717, 1.165) is 36.3 Å². The van der Waals surface area contributed by atoms with Crippen molar-refractivity contribution in [2.75, 3.05) is 30.0 Å². The van der Waals surface area contributed by atoms with Crippen LogP contribution in [0.3, 0.4) is 0 Å². The fourth-order valence-corrected chi connectivity index (χ4v) is 2.79. The van der Waals surface area contributed by atoms with E-state index in [0.29, 0.717) is 17.8 Å². The van der Waals surface area contributed by atoms with Crippen LogP contribution >= 0.6 is 11.8 Å². The first-order valence-electron chi connectivity index (χ1n) is 7.88. The summed E-state index contributed by atoms with van der Waals surface area (Å²) in [4.78, 5) is 9.04. The Morgan fingerprint density at radius 3 is 2.10 bits per heavy atom. The third-order valence-corrected chi connectivity index (χ3v) is 4.22.